The zero-order valence-electron chi connectivity index (χ0n) is 17.0. The van der Waals surface area contributed by atoms with Crippen LogP contribution in [0.25, 0.3) is 0 Å². The molecule has 1 aromatic carbocycles. The fourth-order valence-electron chi connectivity index (χ4n) is 2.60. The summed E-state index contributed by atoms with van der Waals surface area (Å²) < 4.78 is 10.9. The van der Waals surface area contributed by atoms with Crippen LogP contribution in [0.4, 0.5) is 5.82 Å². The van der Waals surface area contributed by atoms with Crippen molar-refractivity contribution in [3.63, 3.8) is 0 Å². The molecule has 0 atom stereocenters. The van der Waals surface area contributed by atoms with E-state index in [0.717, 1.165) is 10.6 Å². The number of nitrogens with zero attached hydrogens (tertiary/aromatic N) is 4. The maximum Gasteiger partial charge on any atom is 0.239 e. The molecule has 0 saturated carbocycles. The van der Waals surface area contributed by atoms with E-state index in [4.69, 9.17) is 21.1 Å². The van der Waals surface area contributed by atoms with E-state index < -0.39 is 0 Å². The highest BCUT2D eigenvalue weighted by molar-refractivity contribution is 7.10. The maximum atomic E-state index is 12.4. The second-order valence-electron chi connectivity index (χ2n) is 6.60. The van der Waals surface area contributed by atoms with E-state index in [1.165, 1.54) is 11.3 Å². The van der Waals surface area contributed by atoms with Crippen molar-refractivity contribution in [3.8, 4) is 17.4 Å². The molecule has 158 valence electrons. The third-order valence-electron chi connectivity index (χ3n) is 4.47. The number of thiophene rings is 1. The molecule has 0 bridgehead atoms. The molecule has 0 fully saturated rings. The molecule has 0 saturated heterocycles. The summed E-state index contributed by atoms with van der Waals surface area (Å²) in [5.74, 6) is 2.46. The molecule has 30 heavy (non-hydrogen) atoms. The molecule has 2 heterocycles. The predicted molar refractivity (Wildman–Crippen MR) is 119 cm³/mol. The molecule has 0 aliphatic carbocycles. The Kier molecular flexibility index (Phi) is 7.48. The van der Waals surface area contributed by atoms with Gasteiger partial charge in [-0.05, 0) is 35.7 Å². The van der Waals surface area contributed by atoms with Gasteiger partial charge in [0.05, 0.1) is 30.9 Å². The van der Waals surface area contributed by atoms with Crippen LogP contribution in [0.2, 0.25) is 5.02 Å². The summed E-state index contributed by atoms with van der Waals surface area (Å²) in [6.07, 6.45) is 3.53. The van der Waals surface area contributed by atoms with Gasteiger partial charge in [-0.2, -0.15) is 4.98 Å². The number of halogens is 1. The average Bonchev–Trinajstić information content (AvgIpc) is 3.16. The number of aromatic nitrogens is 2. The molecule has 0 radical (unpaired) electrons. The maximum absolute atomic E-state index is 12.4. The highest BCUT2D eigenvalue weighted by Gasteiger charge is 2.14. The Balaban J connectivity index is 1.54. The first-order valence-corrected chi connectivity index (χ1v) is 10.5. The lowest BCUT2D eigenvalue weighted by molar-refractivity contribution is -0.129. The van der Waals surface area contributed by atoms with Crippen molar-refractivity contribution in [1.82, 2.24) is 14.9 Å². The Bertz CT molecular complexity index is 980. The minimum absolute atomic E-state index is 0.0235. The molecule has 3 aromatic rings. The van der Waals surface area contributed by atoms with Gasteiger partial charge in [-0.15, -0.1) is 11.3 Å². The summed E-state index contributed by atoms with van der Waals surface area (Å²) in [5, 5.41) is 2.53. The van der Waals surface area contributed by atoms with E-state index in [2.05, 4.69) is 9.97 Å². The molecule has 0 N–H and O–H groups in total. The lowest BCUT2D eigenvalue weighted by Gasteiger charge is -2.23. The first kappa shape index (κ1) is 21.9. The largest absolute Gasteiger partial charge is 0.497 e. The van der Waals surface area contributed by atoms with Crippen LogP contribution in [0.1, 0.15) is 4.88 Å². The monoisotopic (exact) mass is 446 g/mol. The van der Waals surface area contributed by atoms with Crippen molar-refractivity contribution in [2.75, 3.05) is 39.2 Å². The fourth-order valence-corrected chi connectivity index (χ4v) is 3.69. The van der Waals surface area contributed by atoms with Crippen LogP contribution in [0.3, 0.4) is 0 Å². The second kappa shape index (κ2) is 10.3. The summed E-state index contributed by atoms with van der Waals surface area (Å²) in [7, 11) is 5.30. The number of methoxy groups -OCH3 is 1. The number of amides is 1. The molecule has 0 aliphatic heterocycles. The van der Waals surface area contributed by atoms with Crippen LogP contribution in [0, 0.1) is 0 Å². The van der Waals surface area contributed by atoms with E-state index in [9.17, 15) is 4.79 Å². The van der Waals surface area contributed by atoms with Crippen LogP contribution in [0.15, 0.2) is 48.1 Å². The number of hydrogen-bond donors (Lipinski definition) is 0. The van der Waals surface area contributed by atoms with Gasteiger partial charge in [0.25, 0.3) is 0 Å². The van der Waals surface area contributed by atoms with Gasteiger partial charge in [-0.25, -0.2) is 0 Å². The molecule has 7 nitrogen and oxygen atoms in total. The van der Waals surface area contributed by atoms with Gasteiger partial charge in [-0.3, -0.25) is 9.78 Å². The van der Waals surface area contributed by atoms with E-state index in [1.54, 1.807) is 43.6 Å². The Morgan fingerprint density at radius 3 is 2.50 bits per heavy atom. The number of likely N-dealkylation sites (N-methyl/N-ethyl adjacent to an activating group) is 2. The number of carbonyl (C=O) groups is 1. The van der Waals surface area contributed by atoms with Crippen LogP contribution < -0.4 is 14.4 Å². The molecular weight excluding hydrogens is 424 g/mol. The van der Waals surface area contributed by atoms with E-state index in [-0.39, 0.29) is 5.91 Å². The number of hydrogen-bond acceptors (Lipinski definition) is 7. The molecule has 1 amide bonds. The van der Waals surface area contributed by atoms with Gasteiger partial charge in [0, 0.05) is 32.1 Å². The smallest absolute Gasteiger partial charge is 0.239 e. The van der Waals surface area contributed by atoms with Crippen molar-refractivity contribution < 1.29 is 14.3 Å². The lowest BCUT2D eigenvalue weighted by atomic mass is 10.3. The summed E-state index contributed by atoms with van der Waals surface area (Å²) in [6.45, 7) is 1.14. The Hall–Kier alpha value is -2.84. The molecular formula is C21H23ClN4O3S. The normalized spacial score (nSPS) is 10.5. The van der Waals surface area contributed by atoms with Crippen molar-refractivity contribution in [2.24, 2.45) is 0 Å². The zero-order chi connectivity index (χ0) is 21.5. The number of rotatable bonds is 9. The minimum atomic E-state index is 0.0235. The van der Waals surface area contributed by atoms with Gasteiger partial charge < -0.3 is 19.3 Å². The van der Waals surface area contributed by atoms with Gasteiger partial charge in [0.15, 0.2) is 5.82 Å². The van der Waals surface area contributed by atoms with Gasteiger partial charge in [-0.1, -0.05) is 11.6 Å². The van der Waals surface area contributed by atoms with Crippen molar-refractivity contribution in [1.29, 1.82) is 0 Å². The van der Waals surface area contributed by atoms with Crippen LogP contribution in [0.5, 0.6) is 17.4 Å². The first-order chi connectivity index (χ1) is 14.5. The third-order valence-corrected chi connectivity index (χ3v) is 5.86. The molecule has 0 unspecified atom stereocenters. The van der Waals surface area contributed by atoms with Crippen LogP contribution >= 0.6 is 22.9 Å². The highest BCUT2D eigenvalue weighted by atomic mass is 35.5. The standard InChI is InChI=1S/C21H23ClN4O3S/c1-25(9-10-26(2)21(27)12-18-17(22)8-11-30-18)19-13-23-14-20(24-19)29-16-6-4-15(28-3)5-7-16/h4-8,11,13-14H,9-10,12H2,1-3H3. The minimum Gasteiger partial charge on any atom is -0.497 e. The van der Waals surface area contributed by atoms with E-state index >= 15 is 0 Å². The second-order valence-corrected chi connectivity index (χ2v) is 8.01. The fraction of sp³-hybridized carbons (Fsp3) is 0.286. The van der Waals surface area contributed by atoms with Crippen LogP contribution in [-0.4, -0.2) is 55.1 Å². The van der Waals surface area contributed by atoms with Crippen molar-refractivity contribution >= 4 is 34.7 Å². The number of benzene rings is 1. The topological polar surface area (TPSA) is 67.8 Å². The predicted octanol–water partition coefficient (Wildman–Crippen LogP) is 4.13. The SMILES string of the molecule is COc1ccc(Oc2cncc(N(C)CCN(C)C(=O)Cc3sccc3Cl)n2)cc1. The summed E-state index contributed by atoms with van der Waals surface area (Å²) in [4.78, 5) is 25.6. The first-order valence-electron chi connectivity index (χ1n) is 9.27. The highest BCUT2D eigenvalue weighted by Crippen LogP contribution is 2.24. The quantitative estimate of drug-likeness (QED) is 0.492. The third kappa shape index (κ3) is 5.84. The summed E-state index contributed by atoms with van der Waals surface area (Å²) in [6, 6.07) is 9.04. The van der Waals surface area contributed by atoms with Crippen LogP contribution in [-0.2, 0) is 11.2 Å². The molecule has 9 heteroatoms. The number of carbonyl (C=O) groups excluding carboxylic acids is 1. The summed E-state index contributed by atoms with van der Waals surface area (Å²) >= 11 is 7.57. The molecule has 0 spiro atoms. The average molecular weight is 447 g/mol. The Morgan fingerprint density at radius 2 is 1.83 bits per heavy atom. The van der Waals surface area contributed by atoms with Gasteiger partial charge >= 0.3 is 0 Å². The molecule has 2 aromatic heterocycles. The molecule has 0 aliphatic rings. The summed E-state index contributed by atoms with van der Waals surface area (Å²) in [5.41, 5.74) is 0. The number of anilines is 1. The number of ether oxygens (including phenoxy) is 2. The lowest BCUT2D eigenvalue weighted by Crippen LogP contribution is -2.35. The molecule has 3 rings (SSSR count). The Labute approximate surface area is 184 Å². The zero-order valence-corrected chi connectivity index (χ0v) is 18.6. The van der Waals surface area contributed by atoms with Crippen molar-refractivity contribution in [3.05, 3.63) is 58.0 Å². The Morgan fingerprint density at radius 1 is 1.10 bits per heavy atom. The van der Waals surface area contributed by atoms with Gasteiger partial charge in [0.1, 0.15) is 11.5 Å². The van der Waals surface area contributed by atoms with E-state index in [0.29, 0.717) is 42.0 Å². The van der Waals surface area contributed by atoms with E-state index in [1.807, 2.05) is 35.5 Å². The van der Waals surface area contributed by atoms with Crippen molar-refractivity contribution in [2.45, 2.75) is 6.42 Å². The van der Waals surface area contributed by atoms with Gasteiger partial charge in [0.2, 0.25) is 11.8 Å².